The average Bonchev–Trinajstić information content (AvgIpc) is 2.53. The number of ketones is 2. The molecule has 1 rings (SSSR count). The first-order valence-corrected chi connectivity index (χ1v) is 4.28. The Morgan fingerprint density at radius 2 is 1.58 bits per heavy atom. The Morgan fingerprint density at radius 1 is 1.08 bits per heavy atom. The summed E-state index contributed by atoms with van der Waals surface area (Å²) in [6, 6.07) is 0. The molecule has 0 heterocycles. The van der Waals surface area contributed by atoms with Gasteiger partial charge in [0.15, 0.2) is 0 Å². The van der Waals surface area contributed by atoms with Crippen LogP contribution in [0.4, 0.5) is 0 Å². The van der Waals surface area contributed by atoms with Gasteiger partial charge in [0.2, 0.25) is 5.78 Å². The second-order valence-corrected chi connectivity index (χ2v) is 3.29. The summed E-state index contributed by atoms with van der Waals surface area (Å²) in [4.78, 5) is 32.3. The van der Waals surface area contributed by atoms with Crippen molar-refractivity contribution in [3.8, 4) is 0 Å². The van der Waals surface area contributed by atoms with Crippen LogP contribution in [0.3, 0.4) is 0 Å². The first-order valence-electron chi connectivity index (χ1n) is 3.91. The third kappa shape index (κ3) is 1.91. The molecule has 1 aliphatic carbocycles. The van der Waals surface area contributed by atoms with Crippen molar-refractivity contribution in [1.82, 2.24) is 0 Å². The van der Waals surface area contributed by atoms with E-state index in [0.717, 1.165) is 25.7 Å². The highest BCUT2D eigenvalue weighted by atomic mass is 35.5. The molecule has 0 N–H and O–H groups in total. The predicted molar refractivity (Wildman–Crippen MR) is 42.8 cm³/mol. The van der Waals surface area contributed by atoms with Gasteiger partial charge in [0, 0.05) is 5.92 Å². The third-order valence-electron chi connectivity index (χ3n) is 2.13. The van der Waals surface area contributed by atoms with Gasteiger partial charge in [-0.15, -0.1) is 0 Å². The van der Waals surface area contributed by atoms with E-state index in [1.165, 1.54) is 0 Å². The minimum atomic E-state index is -1.16. The summed E-state index contributed by atoms with van der Waals surface area (Å²) in [6.45, 7) is 0. The molecule has 0 atom stereocenters. The van der Waals surface area contributed by atoms with Crippen LogP contribution in [0.2, 0.25) is 0 Å². The zero-order valence-corrected chi connectivity index (χ0v) is 7.26. The summed E-state index contributed by atoms with van der Waals surface area (Å²) < 4.78 is 0. The summed E-state index contributed by atoms with van der Waals surface area (Å²) in [5.41, 5.74) is 0. The molecule has 4 heteroatoms. The van der Waals surface area contributed by atoms with Gasteiger partial charge in [-0.3, -0.25) is 14.4 Å². The first kappa shape index (κ1) is 9.39. The molecule has 0 aromatic carbocycles. The van der Waals surface area contributed by atoms with Crippen LogP contribution in [-0.2, 0) is 14.4 Å². The molecule has 1 saturated carbocycles. The summed E-state index contributed by atoms with van der Waals surface area (Å²) in [6.07, 6.45) is 3.35. The first-order chi connectivity index (χ1) is 5.63. The number of carbonyl (C=O) groups is 3. The number of Topliss-reactive ketones (excluding diaryl/α,β-unsaturated/α-hetero) is 2. The fraction of sp³-hybridized carbons (Fsp3) is 0.625. The Labute approximate surface area is 75.1 Å². The molecular formula is C8H9ClO3. The van der Waals surface area contributed by atoms with E-state index in [-0.39, 0.29) is 5.92 Å². The van der Waals surface area contributed by atoms with Crippen LogP contribution < -0.4 is 0 Å². The number of hydrogen-bond acceptors (Lipinski definition) is 3. The van der Waals surface area contributed by atoms with Crippen molar-refractivity contribution >= 4 is 28.4 Å². The van der Waals surface area contributed by atoms with Crippen molar-refractivity contribution in [1.29, 1.82) is 0 Å². The number of carbonyl (C=O) groups excluding carboxylic acids is 3. The van der Waals surface area contributed by atoms with Crippen LogP contribution in [0, 0.1) is 5.92 Å². The van der Waals surface area contributed by atoms with Crippen molar-refractivity contribution in [2.45, 2.75) is 25.7 Å². The SMILES string of the molecule is O=C(Cl)C(=O)C(=O)C1CCCC1. The van der Waals surface area contributed by atoms with E-state index in [1.807, 2.05) is 0 Å². The van der Waals surface area contributed by atoms with E-state index in [4.69, 9.17) is 11.6 Å². The highest BCUT2D eigenvalue weighted by Crippen LogP contribution is 2.25. The summed E-state index contributed by atoms with van der Waals surface area (Å²) >= 11 is 4.89. The van der Waals surface area contributed by atoms with E-state index < -0.39 is 16.8 Å². The van der Waals surface area contributed by atoms with Crippen molar-refractivity contribution in [3.63, 3.8) is 0 Å². The number of rotatable bonds is 3. The normalized spacial score (nSPS) is 17.8. The lowest BCUT2D eigenvalue weighted by atomic mass is 10.00. The predicted octanol–water partition coefficient (Wildman–Crippen LogP) is 1.08. The third-order valence-corrected chi connectivity index (χ3v) is 2.30. The molecule has 3 nitrogen and oxygen atoms in total. The van der Waals surface area contributed by atoms with Crippen LogP contribution in [0.15, 0.2) is 0 Å². The molecule has 0 bridgehead atoms. The van der Waals surface area contributed by atoms with Crippen molar-refractivity contribution in [3.05, 3.63) is 0 Å². The molecule has 0 amide bonds. The standard InChI is InChI=1S/C8H9ClO3/c9-8(12)7(11)6(10)5-3-1-2-4-5/h5H,1-4H2. The maximum Gasteiger partial charge on any atom is 0.296 e. The molecule has 66 valence electrons. The Hall–Kier alpha value is -0.700. The van der Waals surface area contributed by atoms with Gasteiger partial charge in [0.25, 0.3) is 11.0 Å². The van der Waals surface area contributed by atoms with Crippen molar-refractivity contribution in [2.75, 3.05) is 0 Å². The Kier molecular flexibility index (Phi) is 2.98. The fourth-order valence-corrected chi connectivity index (χ4v) is 1.56. The zero-order chi connectivity index (χ0) is 9.14. The van der Waals surface area contributed by atoms with E-state index in [9.17, 15) is 14.4 Å². The van der Waals surface area contributed by atoms with Crippen molar-refractivity contribution in [2.24, 2.45) is 5.92 Å². The summed E-state index contributed by atoms with van der Waals surface area (Å²) in [5, 5.41) is -1.16. The highest BCUT2D eigenvalue weighted by Gasteiger charge is 2.30. The molecule has 1 fully saturated rings. The van der Waals surface area contributed by atoms with Gasteiger partial charge in [-0.25, -0.2) is 0 Å². The van der Waals surface area contributed by atoms with Crippen LogP contribution in [0.1, 0.15) is 25.7 Å². The molecule has 0 aliphatic heterocycles. The fourth-order valence-electron chi connectivity index (χ4n) is 1.47. The molecule has 0 spiro atoms. The lowest BCUT2D eigenvalue weighted by Gasteiger charge is -2.02. The van der Waals surface area contributed by atoms with Gasteiger partial charge in [-0.1, -0.05) is 12.8 Å². The molecule has 0 aromatic heterocycles. The molecule has 0 aromatic rings. The second kappa shape index (κ2) is 3.81. The number of hydrogen-bond donors (Lipinski definition) is 0. The van der Waals surface area contributed by atoms with Crippen LogP contribution in [-0.4, -0.2) is 16.8 Å². The summed E-state index contributed by atoms with van der Waals surface area (Å²) in [5.74, 6) is -1.91. The minimum absolute atomic E-state index is 0.250. The average molecular weight is 189 g/mol. The largest absolute Gasteiger partial charge is 0.296 e. The van der Waals surface area contributed by atoms with Crippen LogP contribution in [0.5, 0.6) is 0 Å². The lowest BCUT2D eigenvalue weighted by Crippen LogP contribution is -2.25. The topological polar surface area (TPSA) is 51.2 Å². The van der Waals surface area contributed by atoms with E-state index >= 15 is 0 Å². The molecule has 0 radical (unpaired) electrons. The maximum absolute atomic E-state index is 11.1. The van der Waals surface area contributed by atoms with Crippen LogP contribution >= 0.6 is 11.6 Å². The highest BCUT2D eigenvalue weighted by molar-refractivity contribution is 6.90. The maximum atomic E-state index is 11.1. The lowest BCUT2D eigenvalue weighted by molar-refractivity contribution is -0.143. The Morgan fingerprint density at radius 3 is 2.00 bits per heavy atom. The molecule has 0 saturated heterocycles. The molecule has 0 unspecified atom stereocenters. The second-order valence-electron chi connectivity index (χ2n) is 2.95. The summed E-state index contributed by atoms with van der Waals surface area (Å²) in [7, 11) is 0. The Bertz CT molecular complexity index is 228. The van der Waals surface area contributed by atoms with Gasteiger partial charge in [-0.2, -0.15) is 0 Å². The van der Waals surface area contributed by atoms with E-state index in [1.54, 1.807) is 0 Å². The minimum Gasteiger partial charge on any atom is -0.290 e. The smallest absolute Gasteiger partial charge is 0.290 e. The van der Waals surface area contributed by atoms with Gasteiger partial charge in [-0.05, 0) is 24.4 Å². The van der Waals surface area contributed by atoms with E-state index in [2.05, 4.69) is 0 Å². The number of halogens is 1. The molecule has 1 aliphatic rings. The van der Waals surface area contributed by atoms with Crippen molar-refractivity contribution < 1.29 is 14.4 Å². The van der Waals surface area contributed by atoms with Crippen LogP contribution in [0.25, 0.3) is 0 Å². The quantitative estimate of drug-likeness (QED) is 0.378. The van der Waals surface area contributed by atoms with Gasteiger partial charge < -0.3 is 0 Å². The Balaban J connectivity index is 2.57. The molecular weight excluding hydrogens is 180 g/mol. The van der Waals surface area contributed by atoms with Gasteiger partial charge in [0.1, 0.15) is 0 Å². The van der Waals surface area contributed by atoms with E-state index in [0.29, 0.717) is 0 Å². The van der Waals surface area contributed by atoms with Gasteiger partial charge in [0.05, 0.1) is 0 Å². The van der Waals surface area contributed by atoms with Gasteiger partial charge >= 0.3 is 0 Å². The monoisotopic (exact) mass is 188 g/mol. The molecule has 12 heavy (non-hydrogen) atoms. The zero-order valence-electron chi connectivity index (χ0n) is 6.51.